The molecule has 2 heterocycles. The summed E-state index contributed by atoms with van der Waals surface area (Å²) in [6, 6.07) is 11.9. The highest BCUT2D eigenvalue weighted by molar-refractivity contribution is 6.18. The number of aromatic carboxylic acids is 2. The molecule has 2 saturated heterocycles. The molecule has 4 aromatic carbocycles. The van der Waals surface area contributed by atoms with E-state index in [-0.39, 0.29) is 44.9 Å². The summed E-state index contributed by atoms with van der Waals surface area (Å²) in [7, 11) is 0. The summed E-state index contributed by atoms with van der Waals surface area (Å²) >= 11 is 0. The maximum Gasteiger partial charge on any atom is 0.335 e. The molecule has 12 atom stereocenters. The van der Waals surface area contributed by atoms with E-state index < -0.39 is 144 Å². The molecular weight excluding hydrogens is 824 g/mol. The number of hydrogen-bond acceptors (Lipinski definition) is 18. The molecule has 8 rings (SSSR count). The van der Waals surface area contributed by atoms with Gasteiger partial charge in [0, 0.05) is 11.8 Å². The van der Waals surface area contributed by atoms with Crippen LogP contribution in [0.2, 0.25) is 0 Å². The number of hydrogen-bond donors (Lipinski definition) is 12. The summed E-state index contributed by atoms with van der Waals surface area (Å²) in [5.74, 6) is -10.1. The van der Waals surface area contributed by atoms with Crippen LogP contribution in [0.3, 0.4) is 0 Å². The van der Waals surface area contributed by atoms with Gasteiger partial charge < -0.3 is 80.2 Å². The number of ether oxygens (including phenoxy) is 4. The van der Waals surface area contributed by atoms with Crippen molar-refractivity contribution in [3.63, 3.8) is 0 Å². The molecule has 0 unspecified atom stereocenters. The van der Waals surface area contributed by atoms with Gasteiger partial charge in [-0.3, -0.25) is 9.59 Å². The number of phenols is 2. The molecule has 2 aliphatic carbocycles. The van der Waals surface area contributed by atoms with Gasteiger partial charge in [0.2, 0.25) is 24.1 Å². The van der Waals surface area contributed by atoms with Gasteiger partial charge in [-0.2, -0.15) is 0 Å². The Labute approximate surface area is 348 Å². The van der Waals surface area contributed by atoms with Gasteiger partial charge in [-0.05, 0) is 58.7 Å². The Kier molecular flexibility index (Phi) is 11.0. The molecule has 20 heteroatoms. The van der Waals surface area contributed by atoms with Gasteiger partial charge in [-0.25, -0.2) is 9.59 Å². The summed E-state index contributed by atoms with van der Waals surface area (Å²) in [4.78, 5) is 54.2. The number of phenolic OH excluding ortho intramolecular Hbond substituents is 2. The van der Waals surface area contributed by atoms with E-state index in [0.29, 0.717) is 0 Å². The number of benzene rings is 4. The molecule has 12 N–H and O–H groups in total. The zero-order valence-corrected chi connectivity index (χ0v) is 31.7. The van der Waals surface area contributed by atoms with Crippen molar-refractivity contribution in [2.24, 2.45) is 0 Å². The van der Waals surface area contributed by atoms with Crippen LogP contribution in [0.25, 0.3) is 0 Å². The molecule has 62 heavy (non-hydrogen) atoms. The van der Waals surface area contributed by atoms with E-state index in [2.05, 4.69) is 0 Å². The first kappa shape index (κ1) is 42.6. The zero-order chi connectivity index (χ0) is 44.6. The van der Waals surface area contributed by atoms with Crippen LogP contribution in [0.4, 0.5) is 0 Å². The Bertz CT molecular complexity index is 2330. The summed E-state index contributed by atoms with van der Waals surface area (Å²) in [5.41, 5.74) is -2.87. The predicted molar refractivity (Wildman–Crippen MR) is 202 cm³/mol. The number of carbonyl (C=O) groups excluding carboxylic acids is 2. The van der Waals surface area contributed by atoms with E-state index in [1.165, 1.54) is 36.4 Å². The third-order valence-corrected chi connectivity index (χ3v) is 11.7. The van der Waals surface area contributed by atoms with Crippen LogP contribution in [0.5, 0.6) is 23.0 Å². The number of carboxylic acid groups (broad SMARTS) is 2. The highest BCUT2D eigenvalue weighted by Gasteiger charge is 2.50. The van der Waals surface area contributed by atoms with Crippen molar-refractivity contribution in [2.45, 2.75) is 73.2 Å². The average Bonchev–Trinajstić information content (AvgIpc) is 3.24. The van der Waals surface area contributed by atoms with E-state index in [1.54, 1.807) is 0 Å². The van der Waals surface area contributed by atoms with Crippen molar-refractivity contribution >= 4 is 23.5 Å². The third kappa shape index (κ3) is 6.73. The Hall–Kier alpha value is -6.04. The molecule has 0 aromatic heterocycles. The molecule has 326 valence electrons. The van der Waals surface area contributed by atoms with Crippen molar-refractivity contribution in [2.75, 3.05) is 13.2 Å². The Morgan fingerprint density at radius 3 is 1.23 bits per heavy atom. The maximum absolute atomic E-state index is 14.7. The summed E-state index contributed by atoms with van der Waals surface area (Å²) in [5, 5.41) is 126. The van der Waals surface area contributed by atoms with Crippen molar-refractivity contribution < 1.29 is 99.4 Å². The zero-order valence-electron chi connectivity index (χ0n) is 31.7. The number of ketones is 2. The second kappa shape index (κ2) is 16.0. The summed E-state index contributed by atoms with van der Waals surface area (Å²) in [6.07, 6.45) is -17.7. The first-order valence-corrected chi connectivity index (χ1v) is 19.0. The molecule has 4 aromatic rings. The van der Waals surface area contributed by atoms with Crippen LogP contribution in [0, 0.1) is 0 Å². The first-order valence-electron chi connectivity index (χ1n) is 19.0. The number of aromatic hydroxyl groups is 2. The first-order chi connectivity index (χ1) is 29.5. The SMILES string of the molecule is O=C(O)c1cc(O)c2c(c1)[C@H]([C@H]1c3cc(C(=O)O)cc(O)c3C(=O)c3c(O[C@H]4O[C@@H](CO)[C@H](O)[C@H](O)[C@@H]4O)cccc31)c1cccc(O[C@H]3O[C@@H](CO)[C@H](O)[C@H](O)[C@@H]3O)c1C2=O. The highest BCUT2D eigenvalue weighted by Crippen LogP contribution is 2.56. The van der Waals surface area contributed by atoms with Crippen molar-refractivity contribution in [3.8, 4) is 23.0 Å². The number of aliphatic hydroxyl groups excluding tert-OH is 8. The normalized spacial score (nSPS) is 30.1. The minimum Gasteiger partial charge on any atom is -0.507 e. The summed E-state index contributed by atoms with van der Waals surface area (Å²) < 4.78 is 23.0. The number of aliphatic hydroxyl groups is 8. The second-order valence-corrected chi connectivity index (χ2v) is 15.2. The van der Waals surface area contributed by atoms with Gasteiger partial charge in [0.15, 0.2) is 0 Å². The van der Waals surface area contributed by atoms with Gasteiger partial charge >= 0.3 is 11.9 Å². The molecule has 0 saturated carbocycles. The topological polar surface area (TPSA) is 348 Å². The van der Waals surface area contributed by atoms with Crippen LogP contribution in [0.15, 0.2) is 60.7 Å². The standard InChI is InChI=1S/C42H38O20/c43-11-23-31(47)35(51)37(53)41(61-23)59-21-5-1-3-15-25(17-7-13(39(55)56)9-19(45)27(17)33(49)29(15)21)26-16-4-2-6-22(60-42-38(54)36(52)32(48)24(12-44)62-42)30(16)34(50)28-18(26)8-14(40(57)58)10-20(28)46/h1-10,23-26,31-32,35-38,41-48,51-54H,11-12H2,(H,55,56)(H,57,58)/t23-,24-,25+,26+,31-,32-,35-,36-,37-,38-,41-,42-/m0/s1. The van der Waals surface area contributed by atoms with Crippen LogP contribution >= 0.6 is 0 Å². The smallest absolute Gasteiger partial charge is 0.335 e. The Balaban J connectivity index is 1.38. The fraction of sp³-hybridized carbons (Fsp3) is 0.333. The van der Waals surface area contributed by atoms with Gasteiger partial charge in [-0.15, -0.1) is 0 Å². The van der Waals surface area contributed by atoms with E-state index in [9.17, 15) is 80.5 Å². The van der Waals surface area contributed by atoms with E-state index in [1.807, 2.05) is 0 Å². The number of fused-ring (bicyclic) bond motifs is 4. The van der Waals surface area contributed by atoms with Crippen molar-refractivity contribution in [1.82, 2.24) is 0 Å². The van der Waals surface area contributed by atoms with E-state index in [0.717, 1.165) is 24.3 Å². The minimum absolute atomic E-state index is 0.00301. The number of rotatable bonds is 9. The second-order valence-electron chi connectivity index (χ2n) is 15.2. The quantitative estimate of drug-likeness (QED) is 0.0950. The van der Waals surface area contributed by atoms with Crippen LogP contribution < -0.4 is 9.47 Å². The van der Waals surface area contributed by atoms with Gasteiger partial charge in [0.25, 0.3) is 0 Å². The van der Waals surface area contributed by atoms with Crippen molar-refractivity contribution in [1.29, 1.82) is 0 Å². The molecule has 0 bridgehead atoms. The fourth-order valence-corrected chi connectivity index (χ4v) is 8.71. The Morgan fingerprint density at radius 1 is 0.516 bits per heavy atom. The molecule has 2 fully saturated rings. The minimum atomic E-state index is -1.94. The molecule has 20 nitrogen and oxygen atoms in total. The highest BCUT2D eigenvalue weighted by atomic mass is 16.7. The molecule has 0 radical (unpaired) electrons. The molecule has 2 aliphatic heterocycles. The third-order valence-electron chi connectivity index (χ3n) is 11.7. The largest absolute Gasteiger partial charge is 0.507 e. The maximum atomic E-state index is 14.7. The van der Waals surface area contributed by atoms with Gasteiger partial charge in [0.1, 0.15) is 71.8 Å². The lowest BCUT2D eigenvalue weighted by Gasteiger charge is -2.41. The predicted octanol–water partition coefficient (Wildman–Crippen LogP) is -1.10. The number of carboxylic acids is 2. The van der Waals surface area contributed by atoms with Crippen molar-refractivity contribution in [3.05, 3.63) is 116 Å². The Morgan fingerprint density at radius 2 is 0.887 bits per heavy atom. The monoisotopic (exact) mass is 862 g/mol. The van der Waals surface area contributed by atoms with E-state index in [4.69, 9.17) is 18.9 Å². The molecule has 0 amide bonds. The molecule has 4 aliphatic rings. The van der Waals surface area contributed by atoms with Crippen LogP contribution in [0.1, 0.15) is 86.6 Å². The lowest BCUT2D eigenvalue weighted by Crippen LogP contribution is -2.60. The average molecular weight is 863 g/mol. The van der Waals surface area contributed by atoms with Crippen LogP contribution in [-0.4, -0.2) is 159 Å². The van der Waals surface area contributed by atoms with E-state index >= 15 is 0 Å². The lowest BCUT2D eigenvalue weighted by atomic mass is 9.63. The van der Waals surface area contributed by atoms with Crippen LogP contribution in [-0.2, 0) is 9.47 Å². The summed E-state index contributed by atoms with van der Waals surface area (Å²) in [6.45, 7) is -1.64. The molecular formula is C42H38O20. The fourth-order valence-electron chi connectivity index (χ4n) is 8.71. The van der Waals surface area contributed by atoms with Gasteiger partial charge in [-0.1, -0.05) is 24.3 Å². The number of carbonyl (C=O) groups is 4. The lowest BCUT2D eigenvalue weighted by molar-refractivity contribution is -0.277. The van der Waals surface area contributed by atoms with Gasteiger partial charge in [0.05, 0.1) is 46.6 Å². The molecule has 0 spiro atoms.